The third-order valence-electron chi connectivity index (χ3n) is 11.4. The summed E-state index contributed by atoms with van der Waals surface area (Å²) in [4.78, 5) is 69.6. The lowest BCUT2D eigenvalue weighted by Gasteiger charge is -2.39. The Morgan fingerprint density at radius 3 is 2.12 bits per heavy atom. The summed E-state index contributed by atoms with van der Waals surface area (Å²) in [5, 5.41) is 11.4. The van der Waals surface area contributed by atoms with Gasteiger partial charge in [0.2, 0.25) is 27.6 Å². The topological polar surface area (TPSA) is 174 Å². The number of urea groups is 1. The maximum Gasteiger partial charge on any atom is 0.315 e. The predicted octanol–water partition coefficient (Wildman–Crippen LogP) is 2.84. The summed E-state index contributed by atoms with van der Waals surface area (Å²) >= 11 is 0. The lowest BCUT2D eigenvalue weighted by Crippen LogP contribution is -2.62. The first-order valence-electron chi connectivity index (χ1n) is 18.6. The lowest BCUT2D eigenvalue weighted by atomic mass is 9.83. The van der Waals surface area contributed by atoms with E-state index in [1.807, 2.05) is 6.92 Å². The zero-order valence-electron chi connectivity index (χ0n) is 30.3. The van der Waals surface area contributed by atoms with Crippen molar-refractivity contribution in [1.82, 2.24) is 30.5 Å². The van der Waals surface area contributed by atoms with Crippen molar-refractivity contribution in [2.75, 3.05) is 32.9 Å². The van der Waals surface area contributed by atoms with E-state index >= 15 is 0 Å². The van der Waals surface area contributed by atoms with Gasteiger partial charge < -0.3 is 26.2 Å². The minimum Gasteiger partial charge on any atom is -0.349 e. The number of sulfonamides is 1. The molecule has 0 aromatic rings. The van der Waals surface area contributed by atoms with Gasteiger partial charge in [0, 0.05) is 27.2 Å². The quantitative estimate of drug-likeness (QED) is 0.267. The molecule has 4 aliphatic rings. The molecule has 0 aromatic heterocycles. The molecule has 14 heteroatoms. The van der Waals surface area contributed by atoms with E-state index in [0.29, 0.717) is 58.0 Å². The highest BCUT2D eigenvalue weighted by atomic mass is 32.2. The van der Waals surface area contributed by atoms with Crippen LogP contribution in [0.2, 0.25) is 0 Å². The fraction of sp³-hybridized carbons (Fsp3) is 0.857. The number of carbonyl (C=O) groups excluding carboxylic acids is 5. The zero-order chi connectivity index (χ0) is 36.0. The molecule has 0 spiro atoms. The van der Waals surface area contributed by atoms with Crippen LogP contribution in [0.4, 0.5) is 4.79 Å². The van der Waals surface area contributed by atoms with Crippen LogP contribution in [-0.2, 0) is 29.2 Å². The van der Waals surface area contributed by atoms with E-state index in [-0.39, 0.29) is 28.9 Å². The maximum absolute atomic E-state index is 14.4. The Labute approximate surface area is 292 Å². The molecule has 5 atom stereocenters. The second kappa shape index (κ2) is 16.5. The van der Waals surface area contributed by atoms with Crippen molar-refractivity contribution in [1.29, 1.82) is 0 Å². The first kappa shape index (κ1) is 39.1. The molecule has 4 fully saturated rings. The Balaban J connectivity index is 1.57. The van der Waals surface area contributed by atoms with Gasteiger partial charge in [-0.05, 0) is 49.4 Å². The average Bonchev–Trinajstić information content (AvgIpc) is 3.34. The molecule has 5 amide bonds. The summed E-state index contributed by atoms with van der Waals surface area (Å²) in [5.74, 6) is -2.43. The molecule has 0 radical (unpaired) electrons. The van der Waals surface area contributed by atoms with E-state index in [9.17, 15) is 32.4 Å². The molecule has 4 rings (SSSR count). The molecule has 0 unspecified atom stereocenters. The van der Waals surface area contributed by atoms with Crippen LogP contribution in [0.5, 0.6) is 0 Å². The molecule has 13 nitrogen and oxygen atoms in total. The van der Waals surface area contributed by atoms with Crippen LogP contribution >= 0.6 is 0 Å². The third kappa shape index (κ3) is 9.53. The van der Waals surface area contributed by atoms with Crippen LogP contribution in [-0.4, -0.2) is 104 Å². The summed E-state index contributed by atoms with van der Waals surface area (Å²) in [6, 6.07) is -3.32. The van der Waals surface area contributed by atoms with Gasteiger partial charge in [0.05, 0.1) is 17.3 Å². The third-order valence-corrected chi connectivity index (χ3v) is 13.5. The highest BCUT2D eigenvalue weighted by Gasteiger charge is 2.69. The van der Waals surface area contributed by atoms with Crippen LogP contribution in [0, 0.1) is 17.3 Å². The molecule has 2 saturated carbocycles. The van der Waals surface area contributed by atoms with Crippen LogP contribution in [0.3, 0.4) is 0 Å². The Morgan fingerprint density at radius 1 is 0.918 bits per heavy atom. The number of ketones is 1. The SMILES string of the molecule is CCCNC(=O)C(=O)[C@H]1CCCCCCCCC[C@H](NC(=O)NC2(CS(=O)(=O)N(C)C)CCCCC2)C(=O)N2C[C@H]3[C@@H]([C@H]2C(=O)N1)C3(C)C. The summed E-state index contributed by atoms with van der Waals surface area (Å²) in [5.41, 5.74) is -1.12. The molecule has 278 valence electrons. The monoisotopic (exact) mass is 708 g/mol. The Kier molecular flexibility index (Phi) is 13.2. The summed E-state index contributed by atoms with van der Waals surface area (Å²) in [6.07, 6.45) is 11.0. The molecule has 2 saturated heterocycles. The van der Waals surface area contributed by atoms with Gasteiger partial charge in [0.25, 0.3) is 5.91 Å². The standard InChI is InChI=1S/C35H60N6O7S/c1-6-21-36-31(44)29(42)25-17-13-10-8-7-9-11-14-18-26(32(45)41-22-24-27(34(24,2)3)28(41)30(43)37-25)38-33(46)39-35(19-15-12-16-20-35)23-49(47,48)40(4)5/h24-28H,6-23H2,1-5H3,(H,36,44)(H,37,43)(H2,38,39,46)/t24-,25+,26-,27-,28-/m0/s1. The lowest BCUT2D eigenvalue weighted by molar-refractivity contribution is -0.144. The Bertz CT molecular complexity index is 1330. The van der Waals surface area contributed by atoms with E-state index < -0.39 is 57.3 Å². The van der Waals surface area contributed by atoms with Gasteiger partial charge in [0.15, 0.2) is 0 Å². The molecule has 2 aliphatic heterocycles. The van der Waals surface area contributed by atoms with Crippen molar-refractivity contribution in [3.8, 4) is 0 Å². The van der Waals surface area contributed by atoms with E-state index in [1.165, 1.54) is 18.4 Å². The smallest absolute Gasteiger partial charge is 0.315 e. The molecule has 2 heterocycles. The van der Waals surface area contributed by atoms with Crippen molar-refractivity contribution in [3.63, 3.8) is 0 Å². The van der Waals surface area contributed by atoms with E-state index in [0.717, 1.165) is 51.4 Å². The first-order valence-corrected chi connectivity index (χ1v) is 20.2. The van der Waals surface area contributed by atoms with Crippen LogP contribution in [0.25, 0.3) is 0 Å². The number of hydrogen-bond donors (Lipinski definition) is 4. The highest BCUT2D eigenvalue weighted by molar-refractivity contribution is 7.89. The summed E-state index contributed by atoms with van der Waals surface area (Å²) in [6.45, 7) is 6.77. The predicted molar refractivity (Wildman–Crippen MR) is 187 cm³/mol. The summed E-state index contributed by atoms with van der Waals surface area (Å²) in [7, 11) is -0.647. The van der Waals surface area contributed by atoms with Crippen molar-refractivity contribution >= 4 is 39.6 Å². The maximum atomic E-state index is 14.4. The summed E-state index contributed by atoms with van der Waals surface area (Å²) < 4.78 is 27.1. The normalized spacial score (nSPS) is 29.3. The van der Waals surface area contributed by atoms with Gasteiger partial charge in [-0.2, -0.15) is 0 Å². The van der Waals surface area contributed by atoms with E-state index in [4.69, 9.17) is 0 Å². The van der Waals surface area contributed by atoms with Gasteiger partial charge in [0.1, 0.15) is 12.1 Å². The largest absolute Gasteiger partial charge is 0.349 e. The molecule has 0 aromatic carbocycles. The van der Waals surface area contributed by atoms with Crippen molar-refractivity contribution < 1.29 is 32.4 Å². The number of nitrogens with zero attached hydrogens (tertiary/aromatic N) is 2. The minimum absolute atomic E-state index is 0.0903. The Hall–Kier alpha value is -2.74. The van der Waals surface area contributed by atoms with Crippen LogP contribution < -0.4 is 21.3 Å². The number of fused-ring (bicyclic) bond motifs is 3. The zero-order valence-corrected chi connectivity index (χ0v) is 31.1. The number of piperidine rings is 1. The van der Waals surface area contributed by atoms with Crippen molar-refractivity contribution in [2.45, 2.75) is 141 Å². The van der Waals surface area contributed by atoms with Crippen molar-refractivity contribution in [2.24, 2.45) is 17.3 Å². The number of hydrogen-bond acceptors (Lipinski definition) is 7. The number of Topliss-reactive ketones (excluding diaryl/α,β-unsaturated/α-hetero) is 1. The molecular formula is C35H60N6O7S. The number of rotatable bonds is 9. The van der Waals surface area contributed by atoms with Gasteiger partial charge in [-0.15, -0.1) is 0 Å². The number of nitrogens with one attached hydrogen (secondary N) is 4. The molecule has 49 heavy (non-hydrogen) atoms. The van der Waals surface area contributed by atoms with Gasteiger partial charge in [-0.25, -0.2) is 17.5 Å². The molecule has 2 aliphatic carbocycles. The fourth-order valence-electron chi connectivity index (χ4n) is 8.31. The first-order chi connectivity index (χ1) is 23.1. The number of carbonyl (C=O) groups is 5. The van der Waals surface area contributed by atoms with E-state index in [2.05, 4.69) is 35.1 Å². The van der Waals surface area contributed by atoms with Crippen molar-refractivity contribution in [3.05, 3.63) is 0 Å². The second-order valence-corrected chi connectivity index (χ2v) is 17.8. The number of amides is 5. The Morgan fingerprint density at radius 2 is 1.51 bits per heavy atom. The fourth-order valence-corrected chi connectivity index (χ4v) is 9.63. The highest BCUT2D eigenvalue weighted by Crippen LogP contribution is 2.65. The van der Waals surface area contributed by atoms with Crippen LogP contribution in [0.15, 0.2) is 0 Å². The van der Waals surface area contributed by atoms with Gasteiger partial charge in [-0.3, -0.25) is 19.2 Å². The molecule has 4 N–H and O–H groups in total. The second-order valence-electron chi connectivity index (χ2n) is 15.7. The van der Waals surface area contributed by atoms with Gasteiger partial charge in [-0.1, -0.05) is 85.0 Å². The van der Waals surface area contributed by atoms with E-state index in [1.54, 1.807) is 4.90 Å². The van der Waals surface area contributed by atoms with Crippen LogP contribution in [0.1, 0.15) is 117 Å². The molecular weight excluding hydrogens is 648 g/mol. The molecule has 0 bridgehead atoms. The average molecular weight is 709 g/mol. The van der Waals surface area contributed by atoms with Gasteiger partial charge >= 0.3 is 6.03 Å². The minimum atomic E-state index is -3.61.